The molecule has 0 spiro atoms. The molecule has 0 bridgehead atoms. The molecule has 0 aromatic rings. The van der Waals surface area contributed by atoms with E-state index in [1.165, 1.54) is 12.2 Å². The minimum absolute atomic E-state index is 0.0330. The largest absolute Gasteiger partial charge is 0.299 e. The van der Waals surface area contributed by atoms with Crippen LogP contribution in [0.2, 0.25) is 0 Å². The molecular formula is C6H6N2O2S. The molecule has 5 heteroatoms. The Morgan fingerprint density at radius 3 is 2.18 bits per heavy atom. The fourth-order valence-electron chi connectivity index (χ4n) is 0.646. The summed E-state index contributed by atoms with van der Waals surface area (Å²) in [5, 5.41) is 14.2. The second kappa shape index (κ2) is 2.79. The molecule has 0 aromatic heterocycles. The maximum atomic E-state index is 10.4. The Morgan fingerprint density at radius 2 is 1.73 bits per heavy atom. The van der Waals surface area contributed by atoms with Crippen LogP contribution in [0.1, 0.15) is 0 Å². The molecule has 1 rings (SSSR count). The summed E-state index contributed by atoms with van der Waals surface area (Å²) in [7, 11) is -2.63. The monoisotopic (exact) mass is 170 g/mol. The third kappa shape index (κ3) is 1.62. The van der Waals surface area contributed by atoms with Crippen molar-refractivity contribution in [3.05, 3.63) is 23.1 Å². The SMILES string of the molecule is N=C1C=CC([SH](=O)=O)=CC1=N. The average molecular weight is 170 g/mol. The van der Waals surface area contributed by atoms with Gasteiger partial charge in [0.05, 0.1) is 16.3 Å². The lowest BCUT2D eigenvalue weighted by Gasteiger charge is -2.01. The van der Waals surface area contributed by atoms with E-state index >= 15 is 0 Å². The highest BCUT2D eigenvalue weighted by atomic mass is 32.2. The summed E-state index contributed by atoms with van der Waals surface area (Å²) >= 11 is 0. The smallest absolute Gasteiger partial charge is 0.168 e. The van der Waals surface area contributed by atoms with Crippen LogP contribution < -0.4 is 0 Å². The third-order valence-electron chi connectivity index (χ3n) is 1.21. The van der Waals surface area contributed by atoms with Crippen molar-refractivity contribution in [1.82, 2.24) is 0 Å². The van der Waals surface area contributed by atoms with Gasteiger partial charge in [-0.05, 0) is 18.2 Å². The maximum absolute atomic E-state index is 10.4. The summed E-state index contributed by atoms with van der Waals surface area (Å²) in [6.07, 6.45) is 3.77. The Hall–Kier alpha value is -1.23. The van der Waals surface area contributed by atoms with Gasteiger partial charge in [-0.2, -0.15) is 0 Å². The van der Waals surface area contributed by atoms with Crippen LogP contribution in [-0.4, -0.2) is 19.8 Å². The van der Waals surface area contributed by atoms with Gasteiger partial charge in [0.2, 0.25) is 0 Å². The van der Waals surface area contributed by atoms with Crippen LogP contribution in [0.15, 0.2) is 23.1 Å². The third-order valence-corrected chi connectivity index (χ3v) is 1.91. The van der Waals surface area contributed by atoms with Crippen LogP contribution in [-0.2, 0) is 10.7 Å². The number of hydrogen-bond acceptors (Lipinski definition) is 4. The number of rotatable bonds is 1. The molecule has 0 atom stereocenters. The molecule has 0 fully saturated rings. The first kappa shape index (κ1) is 7.87. The van der Waals surface area contributed by atoms with E-state index in [9.17, 15) is 8.42 Å². The van der Waals surface area contributed by atoms with Crippen LogP contribution in [0.25, 0.3) is 0 Å². The number of thiol groups is 1. The first-order valence-corrected chi connectivity index (χ1v) is 4.00. The Kier molecular flexibility index (Phi) is 2.00. The van der Waals surface area contributed by atoms with Gasteiger partial charge in [0.15, 0.2) is 10.7 Å². The summed E-state index contributed by atoms with van der Waals surface area (Å²) in [6.45, 7) is 0. The lowest BCUT2D eigenvalue weighted by Crippen LogP contribution is -2.10. The van der Waals surface area contributed by atoms with Gasteiger partial charge in [-0.1, -0.05) is 0 Å². The van der Waals surface area contributed by atoms with Crippen LogP contribution in [0.4, 0.5) is 0 Å². The molecule has 0 aliphatic heterocycles. The van der Waals surface area contributed by atoms with Crippen molar-refractivity contribution in [2.24, 2.45) is 0 Å². The highest BCUT2D eigenvalue weighted by molar-refractivity contribution is 7.77. The normalized spacial score (nSPS) is 17.4. The van der Waals surface area contributed by atoms with Crippen LogP contribution in [0.3, 0.4) is 0 Å². The van der Waals surface area contributed by atoms with Gasteiger partial charge in [-0.25, -0.2) is 8.42 Å². The van der Waals surface area contributed by atoms with E-state index < -0.39 is 10.7 Å². The quantitative estimate of drug-likeness (QED) is 0.385. The number of allylic oxidation sites excluding steroid dienone is 3. The zero-order valence-electron chi connectivity index (χ0n) is 5.50. The van der Waals surface area contributed by atoms with Gasteiger partial charge in [0.1, 0.15) is 0 Å². The first-order valence-electron chi connectivity index (χ1n) is 2.83. The second-order valence-corrected chi connectivity index (χ2v) is 3.02. The standard InChI is InChI=1S/C6H6N2O2S/c7-5-2-1-4(11(9)10)3-6(5)8/h1-3,7-8,11H. The highest BCUT2D eigenvalue weighted by Gasteiger charge is 2.07. The van der Waals surface area contributed by atoms with Crippen LogP contribution in [0.5, 0.6) is 0 Å². The van der Waals surface area contributed by atoms with Crippen molar-refractivity contribution in [2.45, 2.75) is 0 Å². The minimum Gasteiger partial charge on any atom is -0.299 e. The predicted octanol–water partition coefficient (Wildman–Crippen LogP) is 0.0910. The highest BCUT2D eigenvalue weighted by Crippen LogP contribution is 2.04. The van der Waals surface area contributed by atoms with E-state index in [-0.39, 0.29) is 16.3 Å². The zero-order chi connectivity index (χ0) is 8.43. The van der Waals surface area contributed by atoms with Crippen molar-refractivity contribution in [2.75, 3.05) is 0 Å². The maximum Gasteiger partial charge on any atom is 0.168 e. The molecule has 2 N–H and O–H groups in total. The van der Waals surface area contributed by atoms with E-state index in [0.29, 0.717) is 0 Å². The topological polar surface area (TPSA) is 81.8 Å². The molecule has 0 aromatic carbocycles. The van der Waals surface area contributed by atoms with Crippen LogP contribution >= 0.6 is 0 Å². The van der Waals surface area contributed by atoms with E-state index in [4.69, 9.17) is 10.8 Å². The Labute approximate surface area is 65.2 Å². The van der Waals surface area contributed by atoms with Gasteiger partial charge in [0, 0.05) is 0 Å². The van der Waals surface area contributed by atoms with Gasteiger partial charge >= 0.3 is 0 Å². The average Bonchev–Trinajstić information content (AvgIpc) is 1.94. The van der Waals surface area contributed by atoms with Crippen molar-refractivity contribution < 1.29 is 8.42 Å². The predicted molar refractivity (Wildman–Crippen MR) is 43.0 cm³/mol. The molecule has 58 valence electrons. The van der Waals surface area contributed by atoms with Crippen LogP contribution in [0, 0.1) is 10.8 Å². The lowest BCUT2D eigenvalue weighted by molar-refractivity contribution is 0.620. The van der Waals surface area contributed by atoms with Gasteiger partial charge in [-0.15, -0.1) is 0 Å². The lowest BCUT2D eigenvalue weighted by atomic mass is 10.1. The molecule has 0 saturated heterocycles. The fourth-order valence-corrected chi connectivity index (χ4v) is 1.08. The minimum atomic E-state index is -2.63. The Bertz CT molecular complexity index is 342. The number of nitrogens with one attached hydrogen (secondary N) is 2. The molecule has 0 amide bonds. The van der Waals surface area contributed by atoms with E-state index in [1.54, 1.807) is 0 Å². The van der Waals surface area contributed by atoms with Gasteiger partial charge in [-0.3, -0.25) is 10.8 Å². The van der Waals surface area contributed by atoms with Crippen molar-refractivity contribution >= 4 is 22.1 Å². The fraction of sp³-hybridized carbons (Fsp3) is 0. The first-order chi connectivity index (χ1) is 5.11. The summed E-state index contributed by atoms with van der Waals surface area (Å²) in [4.78, 5) is 0.0843. The molecule has 1 aliphatic carbocycles. The van der Waals surface area contributed by atoms with Crippen molar-refractivity contribution in [1.29, 1.82) is 10.8 Å². The summed E-state index contributed by atoms with van der Waals surface area (Å²) < 4.78 is 20.7. The Morgan fingerprint density at radius 1 is 1.09 bits per heavy atom. The summed E-state index contributed by atoms with van der Waals surface area (Å²) in [6, 6.07) is 0. The zero-order valence-corrected chi connectivity index (χ0v) is 6.39. The molecule has 0 radical (unpaired) electrons. The molecule has 1 aliphatic rings. The van der Waals surface area contributed by atoms with E-state index in [0.717, 1.165) is 6.08 Å². The molecular weight excluding hydrogens is 164 g/mol. The van der Waals surface area contributed by atoms with E-state index in [1.807, 2.05) is 0 Å². The molecule has 4 nitrogen and oxygen atoms in total. The number of hydrogen-bond donors (Lipinski definition) is 3. The van der Waals surface area contributed by atoms with Crippen molar-refractivity contribution in [3.8, 4) is 0 Å². The molecule has 0 saturated carbocycles. The summed E-state index contributed by atoms with van der Waals surface area (Å²) in [5.74, 6) is 0. The molecule has 0 unspecified atom stereocenters. The van der Waals surface area contributed by atoms with Gasteiger partial charge in [0.25, 0.3) is 0 Å². The molecule has 11 heavy (non-hydrogen) atoms. The van der Waals surface area contributed by atoms with E-state index in [2.05, 4.69) is 0 Å². The summed E-state index contributed by atoms with van der Waals surface area (Å²) in [5.41, 5.74) is -0.0349. The van der Waals surface area contributed by atoms with Crippen molar-refractivity contribution in [3.63, 3.8) is 0 Å². The second-order valence-electron chi connectivity index (χ2n) is 1.99. The molecule has 0 heterocycles. The Balaban J connectivity index is 3.07. The van der Waals surface area contributed by atoms with Gasteiger partial charge < -0.3 is 0 Å².